The van der Waals surface area contributed by atoms with E-state index in [2.05, 4.69) is 51.8 Å². The monoisotopic (exact) mass is 243 g/mol. The zero-order valence-electron chi connectivity index (χ0n) is 11.7. The first-order valence-electron chi connectivity index (χ1n) is 6.73. The van der Waals surface area contributed by atoms with Gasteiger partial charge in [0.15, 0.2) is 0 Å². The molecule has 0 aromatic heterocycles. The molecule has 1 aliphatic rings. The summed E-state index contributed by atoms with van der Waals surface area (Å²) in [5, 5.41) is 3.54. The highest BCUT2D eigenvalue weighted by Crippen LogP contribution is 2.33. The van der Waals surface area contributed by atoms with Crippen LogP contribution in [0.2, 0.25) is 0 Å². The molecule has 0 aromatic rings. The van der Waals surface area contributed by atoms with Crippen molar-refractivity contribution < 1.29 is 0 Å². The predicted molar refractivity (Wildman–Crippen MR) is 76.2 cm³/mol. The molecular weight excluding hydrogens is 214 g/mol. The van der Waals surface area contributed by atoms with Gasteiger partial charge < -0.3 is 5.32 Å². The molecule has 0 saturated heterocycles. The van der Waals surface area contributed by atoms with E-state index in [-0.39, 0.29) is 0 Å². The molecule has 1 nitrogen and oxygen atoms in total. The molecular formula is C14H29NS. The van der Waals surface area contributed by atoms with E-state index in [1.807, 2.05) is 0 Å². The summed E-state index contributed by atoms with van der Waals surface area (Å²) in [6, 6.07) is 0.715. The molecule has 16 heavy (non-hydrogen) atoms. The third-order valence-corrected chi connectivity index (χ3v) is 5.00. The molecule has 96 valence electrons. The van der Waals surface area contributed by atoms with Crippen LogP contribution in [0, 0.1) is 11.8 Å². The van der Waals surface area contributed by atoms with Crippen LogP contribution < -0.4 is 5.32 Å². The fraction of sp³-hybridized carbons (Fsp3) is 1.00. The van der Waals surface area contributed by atoms with Gasteiger partial charge in [-0.05, 0) is 31.7 Å². The maximum absolute atomic E-state index is 3.54. The molecule has 0 radical (unpaired) electrons. The molecule has 1 fully saturated rings. The Kier molecular flexibility index (Phi) is 5.66. The highest BCUT2D eigenvalue weighted by Gasteiger charge is 2.26. The van der Waals surface area contributed by atoms with Gasteiger partial charge >= 0.3 is 0 Å². The number of rotatable bonds is 4. The minimum atomic E-state index is 0.398. The first kappa shape index (κ1) is 14.4. The lowest BCUT2D eigenvalue weighted by molar-refractivity contribution is 0.240. The van der Waals surface area contributed by atoms with E-state index in [0.717, 1.165) is 11.8 Å². The second-order valence-electron chi connectivity index (χ2n) is 6.35. The summed E-state index contributed by atoms with van der Waals surface area (Å²) in [6.07, 6.45) is 5.74. The molecule has 1 rings (SSSR count). The molecule has 2 heteroatoms. The molecule has 0 spiro atoms. The smallest absolute Gasteiger partial charge is 0.0183 e. The quantitative estimate of drug-likeness (QED) is 0.803. The first-order valence-corrected chi connectivity index (χ1v) is 7.72. The van der Waals surface area contributed by atoms with Crippen molar-refractivity contribution in [3.8, 4) is 0 Å². The Morgan fingerprint density at radius 1 is 1.31 bits per heavy atom. The minimum Gasteiger partial charge on any atom is -0.316 e. The summed E-state index contributed by atoms with van der Waals surface area (Å²) >= 11 is 2.10. The lowest BCUT2D eigenvalue weighted by Gasteiger charge is -2.34. The number of hydrogen-bond donors (Lipinski definition) is 1. The topological polar surface area (TPSA) is 12.0 Å². The maximum Gasteiger partial charge on any atom is 0.0183 e. The number of thioether (sulfide) groups is 1. The lowest BCUT2D eigenvalue weighted by Crippen LogP contribution is -2.39. The molecule has 3 atom stereocenters. The van der Waals surface area contributed by atoms with E-state index in [1.165, 1.54) is 31.4 Å². The van der Waals surface area contributed by atoms with E-state index < -0.39 is 0 Å². The normalized spacial score (nSPS) is 29.1. The first-order chi connectivity index (χ1) is 7.42. The molecule has 1 aliphatic carbocycles. The molecule has 0 heterocycles. The van der Waals surface area contributed by atoms with Gasteiger partial charge in [0.1, 0.15) is 0 Å². The summed E-state index contributed by atoms with van der Waals surface area (Å²) < 4.78 is 0.398. The van der Waals surface area contributed by atoms with Gasteiger partial charge in [-0.15, -0.1) is 0 Å². The van der Waals surface area contributed by atoms with Crippen LogP contribution >= 0.6 is 11.8 Å². The highest BCUT2D eigenvalue weighted by atomic mass is 32.2. The molecule has 1 N–H and O–H groups in total. The fourth-order valence-electron chi connectivity index (χ4n) is 2.64. The van der Waals surface area contributed by atoms with Gasteiger partial charge in [-0.1, -0.05) is 40.5 Å². The lowest BCUT2D eigenvalue weighted by atomic mass is 9.79. The average molecular weight is 243 g/mol. The van der Waals surface area contributed by atoms with Crippen molar-refractivity contribution in [1.82, 2.24) is 5.32 Å². The van der Waals surface area contributed by atoms with Gasteiger partial charge in [0.05, 0.1) is 0 Å². The van der Waals surface area contributed by atoms with Gasteiger partial charge in [-0.25, -0.2) is 0 Å². The van der Waals surface area contributed by atoms with Crippen molar-refractivity contribution in [2.24, 2.45) is 11.8 Å². The standard InChI is InChI=1S/C14H29NS/c1-11-7-6-8-12(9-11)13(15-5)10-16-14(2,3)4/h11-13,15H,6-10H2,1-5H3. The van der Waals surface area contributed by atoms with Gasteiger partial charge in [0.25, 0.3) is 0 Å². The largest absolute Gasteiger partial charge is 0.316 e. The van der Waals surface area contributed by atoms with E-state index in [0.29, 0.717) is 10.8 Å². The molecule has 1 saturated carbocycles. The van der Waals surface area contributed by atoms with Crippen molar-refractivity contribution in [3.63, 3.8) is 0 Å². The summed E-state index contributed by atoms with van der Waals surface area (Å²) in [7, 11) is 2.13. The fourth-order valence-corrected chi connectivity index (χ4v) is 3.76. The van der Waals surface area contributed by atoms with Gasteiger partial charge in [-0.3, -0.25) is 0 Å². The van der Waals surface area contributed by atoms with Gasteiger partial charge in [-0.2, -0.15) is 11.8 Å². The van der Waals surface area contributed by atoms with Crippen LogP contribution in [-0.2, 0) is 0 Å². The zero-order valence-corrected chi connectivity index (χ0v) is 12.5. The second kappa shape index (κ2) is 6.30. The summed E-state index contributed by atoms with van der Waals surface area (Å²) in [4.78, 5) is 0. The minimum absolute atomic E-state index is 0.398. The third-order valence-electron chi connectivity index (χ3n) is 3.61. The van der Waals surface area contributed by atoms with Gasteiger partial charge in [0.2, 0.25) is 0 Å². The van der Waals surface area contributed by atoms with E-state index in [1.54, 1.807) is 0 Å². The molecule has 0 bridgehead atoms. The Balaban J connectivity index is 2.40. The van der Waals surface area contributed by atoms with Crippen molar-refractivity contribution >= 4 is 11.8 Å². The molecule has 3 unspecified atom stereocenters. The van der Waals surface area contributed by atoms with Gasteiger partial charge in [0, 0.05) is 16.5 Å². The van der Waals surface area contributed by atoms with Crippen LogP contribution in [0.25, 0.3) is 0 Å². The predicted octanol–water partition coefficient (Wildman–Crippen LogP) is 3.93. The van der Waals surface area contributed by atoms with Crippen LogP contribution in [0.5, 0.6) is 0 Å². The Morgan fingerprint density at radius 2 is 2.00 bits per heavy atom. The molecule has 0 aromatic carbocycles. The van der Waals surface area contributed by atoms with E-state index in [4.69, 9.17) is 0 Å². The number of hydrogen-bond acceptors (Lipinski definition) is 2. The summed E-state index contributed by atoms with van der Waals surface area (Å²) in [5.74, 6) is 3.11. The number of nitrogens with one attached hydrogen (secondary N) is 1. The van der Waals surface area contributed by atoms with E-state index in [9.17, 15) is 0 Å². The van der Waals surface area contributed by atoms with Crippen LogP contribution in [0.3, 0.4) is 0 Å². The maximum atomic E-state index is 3.54. The molecule has 0 amide bonds. The Hall–Kier alpha value is 0.310. The molecule has 0 aliphatic heterocycles. The highest BCUT2D eigenvalue weighted by molar-refractivity contribution is 8.00. The Morgan fingerprint density at radius 3 is 2.50 bits per heavy atom. The van der Waals surface area contributed by atoms with Crippen LogP contribution in [0.1, 0.15) is 53.4 Å². The van der Waals surface area contributed by atoms with Crippen molar-refractivity contribution in [2.75, 3.05) is 12.8 Å². The Labute approximate surface area is 106 Å². The van der Waals surface area contributed by atoms with Crippen molar-refractivity contribution in [3.05, 3.63) is 0 Å². The van der Waals surface area contributed by atoms with Crippen molar-refractivity contribution in [2.45, 2.75) is 64.2 Å². The van der Waals surface area contributed by atoms with Crippen LogP contribution in [0.4, 0.5) is 0 Å². The van der Waals surface area contributed by atoms with E-state index >= 15 is 0 Å². The van der Waals surface area contributed by atoms with Crippen molar-refractivity contribution in [1.29, 1.82) is 0 Å². The van der Waals surface area contributed by atoms with Crippen LogP contribution in [-0.4, -0.2) is 23.6 Å². The summed E-state index contributed by atoms with van der Waals surface area (Å²) in [6.45, 7) is 9.35. The third kappa shape index (κ3) is 5.09. The Bertz CT molecular complexity index is 197. The SMILES string of the molecule is CNC(CSC(C)(C)C)C1CCCC(C)C1. The average Bonchev–Trinajstić information content (AvgIpc) is 2.17. The van der Waals surface area contributed by atoms with Crippen LogP contribution in [0.15, 0.2) is 0 Å². The second-order valence-corrected chi connectivity index (χ2v) is 8.20. The zero-order chi connectivity index (χ0) is 12.2. The summed E-state index contributed by atoms with van der Waals surface area (Å²) in [5.41, 5.74) is 0.